The molecule has 0 bridgehead atoms. The molecule has 0 aliphatic heterocycles. The second-order valence-corrected chi connectivity index (χ2v) is 4.90. The standard InChI is InChI=1S/C14H21NO3/c1-9(2)4-6-12(15)11-5-7-14(13(17)8-11)18-10(3)16/h5,7-9,12,17H,4,6,15H2,1-3H3/t12-/m0/s1. The highest BCUT2D eigenvalue weighted by molar-refractivity contribution is 5.70. The van der Waals surface area contributed by atoms with Gasteiger partial charge in [0.1, 0.15) is 0 Å². The van der Waals surface area contributed by atoms with Crippen molar-refractivity contribution in [3.05, 3.63) is 23.8 Å². The Morgan fingerprint density at radius 3 is 2.56 bits per heavy atom. The summed E-state index contributed by atoms with van der Waals surface area (Å²) in [6.07, 6.45) is 1.90. The lowest BCUT2D eigenvalue weighted by Crippen LogP contribution is -2.11. The van der Waals surface area contributed by atoms with Crippen LogP contribution in [0.25, 0.3) is 0 Å². The quantitative estimate of drug-likeness (QED) is 0.623. The van der Waals surface area contributed by atoms with Crippen molar-refractivity contribution in [1.82, 2.24) is 0 Å². The van der Waals surface area contributed by atoms with Crippen molar-refractivity contribution in [2.24, 2.45) is 11.7 Å². The van der Waals surface area contributed by atoms with Crippen LogP contribution in [0.1, 0.15) is 45.2 Å². The molecule has 4 nitrogen and oxygen atoms in total. The lowest BCUT2D eigenvalue weighted by Gasteiger charge is -2.14. The van der Waals surface area contributed by atoms with Crippen molar-refractivity contribution >= 4 is 5.97 Å². The molecule has 1 rings (SSSR count). The van der Waals surface area contributed by atoms with E-state index in [9.17, 15) is 9.90 Å². The van der Waals surface area contributed by atoms with Crippen molar-refractivity contribution < 1.29 is 14.6 Å². The number of esters is 1. The van der Waals surface area contributed by atoms with Crippen LogP contribution in [0.4, 0.5) is 0 Å². The summed E-state index contributed by atoms with van der Waals surface area (Å²) in [5.74, 6) is 0.261. The lowest BCUT2D eigenvalue weighted by molar-refractivity contribution is -0.132. The van der Waals surface area contributed by atoms with Crippen LogP contribution in [0.3, 0.4) is 0 Å². The molecule has 1 atom stereocenters. The fraction of sp³-hybridized carbons (Fsp3) is 0.500. The number of carbonyl (C=O) groups is 1. The van der Waals surface area contributed by atoms with Crippen molar-refractivity contribution in [2.45, 2.75) is 39.7 Å². The number of benzene rings is 1. The van der Waals surface area contributed by atoms with Gasteiger partial charge in [-0.3, -0.25) is 4.79 Å². The molecule has 0 aliphatic rings. The smallest absolute Gasteiger partial charge is 0.308 e. The van der Waals surface area contributed by atoms with Gasteiger partial charge in [0.25, 0.3) is 0 Å². The van der Waals surface area contributed by atoms with Crippen molar-refractivity contribution in [3.63, 3.8) is 0 Å². The van der Waals surface area contributed by atoms with E-state index >= 15 is 0 Å². The van der Waals surface area contributed by atoms with E-state index in [4.69, 9.17) is 10.5 Å². The molecule has 4 heteroatoms. The summed E-state index contributed by atoms with van der Waals surface area (Å²) in [6.45, 7) is 5.59. The summed E-state index contributed by atoms with van der Waals surface area (Å²) in [4.78, 5) is 10.8. The highest BCUT2D eigenvalue weighted by atomic mass is 16.5. The van der Waals surface area contributed by atoms with Gasteiger partial charge in [-0.1, -0.05) is 19.9 Å². The SMILES string of the molecule is CC(=O)Oc1ccc([C@@H](N)CCC(C)C)cc1O. The molecule has 0 heterocycles. The Morgan fingerprint density at radius 1 is 1.39 bits per heavy atom. The first kappa shape index (κ1) is 14.5. The molecule has 0 fully saturated rings. The first-order valence-electron chi connectivity index (χ1n) is 6.17. The topological polar surface area (TPSA) is 72.5 Å². The lowest BCUT2D eigenvalue weighted by atomic mass is 9.98. The number of carbonyl (C=O) groups excluding carboxylic acids is 1. The number of nitrogens with two attached hydrogens (primary N) is 1. The Kier molecular flexibility index (Phi) is 5.16. The maximum Gasteiger partial charge on any atom is 0.308 e. The molecule has 0 aliphatic carbocycles. The van der Waals surface area contributed by atoms with Crippen LogP contribution < -0.4 is 10.5 Å². The van der Waals surface area contributed by atoms with Gasteiger partial charge in [-0.2, -0.15) is 0 Å². The Labute approximate surface area is 108 Å². The Hall–Kier alpha value is -1.55. The number of rotatable bonds is 5. The van der Waals surface area contributed by atoms with Gasteiger partial charge in [-0.15, -0.1) is 0 Å². The number of phenolic OH excluding ortho intramolecular Hbond substituents is 1. The van der Waals surface area contributed by atoms with Gasteiger partial charge >= 0.3 is 5.97 Å². The van der Waals surface area contributed by atoms with Crippen LogP contribution in [0, 0.1) is 5.92 Å². The molecular formula is C14H21NO3. The van der Waals surface area contributed by atoms with E-state index in [1.54, 1.807) is 18.2 Å². The van der Waals surface area contributed by atoms with Gasteiger partial charge in [0, 0.05) is 13.0 Å². The molecule has 0 aromatic heterocycles. The van der Waals surface area contributed by atoms with Gasteiger partial charge in [0.15, 0.2) is 11.5 Å². The summed E-state index contributed by atoms with van der Waals surface area (Å²) < 4.78 is 4.85. The fourth-order valence-electron chi connectivity index (χ4n) is 1.69. The zero-order valence-corrected chi connectivity index (χ0v) is 11.1. The zero-order valence-electron chi connectivity index (χ0n) is 11.1. The minimum absolute atomic E-state index is 0.0531. The summed E-state index contributed by atoms with van der Waals surface area (Å²) in [5.41, 5.74) is 6.90. The summed E-state index contributed by atoms with van der Waals surface area (Å²) in [5, 5.41) is 9.73. The average molecular weight is 251 g/mol. The zero-order chi connectivity index (χ0) is 13.7. The van der Waals surface area contributed by atoms with E-state index in [1.807, 2.05) is 0 Å². The highest BCUT2D eigenvalue weighted by Crippen LogP contribution is 2.30. The monoisotopic (exact) mass is 251 g/mol. The Balaban J connectivity index is 2.73. The van der Waals surface area contributed by atoms with Gasteiger partial charge in [0.05, 0.1) is 0 Å². The third-order valence-corrected chi connectivity index (χ3v) is 2.72. The van der Waals surface area contributed by atoms with E-state index < -0.39 is 5.97 Å². The fourth-order valence-corrected chi connectivity index (χ4v) is 1.69. The van der Waals surface area contributed by atoms with E-state index in [2.05, 4.69) is 13.8 Å². The van der Waals surface area contributed by atoms with Gasteiger partial charge in [0.2, 0.25) is 0 Å². The van der Waals surface area contributed by atoms with Crippen LogP contribution >= 0.6 is 0 Å². The molecule has 0 saturated carbocycles. The second-order valence-electron chi connectivity index (χ2n) is 4.90. The van der Waals surface area contributed by atoms with Gasteiger partial charge < -0.3 is 15.6 Å². The molecular weight excluding hydrogens is 230 g/mol. The van der Waals surface area contributed by atoms with Crippen molar-refractivity contribution in [2.75, 3.05) is 0 Å². The molecule has 0 unspecified atom stereocenters. The summed E-state index contributed by atoms with van der Waals surface area (Å²) >= 11 is 0. The van der Waals surface area contributed by atoms with E-state index in [0.29, 0.717) is 5.92 Å². The van der Waals surface area contributed by atoms with E-state index in [-0.39, 0.29) is 17.5 Å². The minimum Gasteiger partial charge on any atom is -0.504 e. The predicted molar refractivity (Wildman–Crippen MR) is 70.4 cm³/mol. The third-order valence-electron chi connectivity index (χ3n) is 2.72. The predicted octanol–water partition coefficient (Wildman–Crippen LogP) is 2.75. The molecule has 18 heavy (non-hydrogen) atoms. The molecule has 100 valence electrons. The molecule has 0 radical (unpaired) electrons. The van der Waals surface area contributed by atoms with Crippen molar-refractivity contribution in [1.29, 1.82) is 0 Å². The van der Waals surface area contributed by atoms with E-state index in [1.165, 1.54) is 6.92 Å². The van der Waals surface area contributed by atoms with Crippen molar-refractivity contribution in [3.8, 4) is 11.5 Å². The molecule has 3 N–H and O–H groups in total. The highest BCUT2D eigenvalue weighted by Gasteiger charge is 2.11. The van der Waals surface area contributed by atoms with Gasteiger partial charge in [-0.25, -0.2) is 0 Å². The third kappa shape index (κ3) is 4.37. The van der Waals surface area contributed by atoms with Gasteiger partial charge in [-0.05, 0) is 36.5 Å². The number of hydrogen-bond acceptors (Lipinski definition) is 4. The first-order chi connectivity index (χ1) is 8.40. The molecule has 0 spiro atoms. The molecule has 1 aromatic rings. The van der Waals surface area contributed by atoms with Crippen LogP contribution in [-0.4, -0.2) is 11.1 Å². The molecule has 0 saturated heterocycles. The number of ether oxygens (including phenoxy) is 1. The maximum atomic E-state index is 10.8. The number of phenols is 1. The van der Waals surface area contributed by atoms with Crippen LogP contribution in [0.5, 0.6) is 11.5 Å². The van der Waals surface area contributed by atoms with E-state index in [0.717, 1.165) is 18.4 Å². The Morgan fingerprint density at radius 2 is 2.06 bits per heavy atom. The normalized spacial score (nSPS) is 12.5. The average Bonchev–Trinajstić information content (AvgIpc) is 2.28. The first-order valence-corrected chi connectivity index (χ1v) is 6.17. The second kappa shape index (κ2) is 6.40. The van der Waals surface area contributed by atoms with Crippen LogP contribution in [-0.2, 0) is 4.79 Å². The van der Waals surface area contributed by atoms with Crippen LogP contribution in [0.15, 0.2) is 18.2 Å². The summed E-state index contributed by atoms with van der Waals surface area (Å²) in [7, 11) is 0. The number of hydrogen-bond donors (Lipinski definition) is 2. The largest absolute Gasteiger partial charge is 0.504 e. The molecule has 0 amide bonds. The van der Waals surface area contributed by atoms with Crippen LogP contribution in [0.2, 0.25) is 0 Å². The minimum atomic E-state index is -0.456. The Bertz CT molecular complexity index is 416. The summed E-state index contributed by atoms with van der Waals surface area (Å²) in [6, 6.07) is 4.80. The number of aromatic hydroxyl groups is 1. The maximum absolute atomic E-state index is 10.8. The molecule has 1 aromatic carbocycles.